The molecule has 0 bridgehead atoms. The predicted octanol–water partition coefficient (Wildman–Crippen LogP) is 4.53. The van der Waals surface area contributed by atoms with E-state index in [2.05, 4.69) is 26.2 Å². The number of benzene rings is 1. The lowest BCUT2D eigenvalue weighted by atomic mass is 10.2. The number of aryl methyl sites for hydroxylation is 1. The Morgan fingerprint density at radius 3 is 2.85 bits per heavy atom. The maximum atomic E-state index is 6.13. The number of pyridine rings is 1. The first-order valence-corrected chi connectivity index (χ1v) is 7.30. The van der Waals surface area contributed by atoms with Crippen molar-refractivity contribution in [1.29, 1.82) is 0 Å². The molecule has 1 aromatic carbocycles. The van der Waals surface area contributed by atoms with Gasteiger partial charge in [-0.1, -0.05) is 11.6 Å². The molecular weight excluding hydrogens is 342 g/mol. The maximum Gasteiger partial charge on any atom is 0.239 e. The van der Waals surface area contributed by atoms with Crippen LogP contribution in [-0.2, 0) is 0 Å². The van der Waals surface area contributed by atoms with Crippen LogP contribution in [0.3, 0.4) is 0 Å². The summed E-state index contributed by atoms with van der Waals surface area (Å²) in [5.74, 6) is 1.06. The van der Waals surface area contributed by atoms with Crippen molar-refractivity contribution in [2.24, 2.45) is 0 Å². The lowest BCUT2D eigenvalue weighted by molar-refractivity contribution is 0.329. The molecule has 0 unspecified atom stereocenters. The normalized spacial score (nSPS) is 10.4. The van der Waals surface area contributed by atoms with Crippen LogP contribution in [0, 0.1) is 6.92 Å². The molecule has 0 saturated carbocycles. The third-order valence-corrected chi connectivity index (χ3v) is 3.75. The van der Waals surface area contributed by atoms with E-state index in [-0.39, 0.29) is 0 Å². The highest BCUT2D eigenvalue weighted by atomic mass is 79.9. The fourth-order valence-electron chi connectivity index (χ4n) is 1.65. The minimum Gasteiger partial charge on any atom is -0.476 e. The van der Waals surface area contributed by atoms with Crippen LogP contribution >= 0.6 is 27.5 Å². The molecule has 106 valence electrons. The van der Waals surface area contributed by atoms with Crippen molar-refractivity contribution in [3.05, 3.63) is 39.3 Å². The highest BCUT2D eigenvalue weighted by Gasteiger charge is 2.08. The SMILES string of the molecule is CCOc1nc(Nc2cc(Cl)c(C)cc2Br)ccc1N. The molecule has 4 nitrogen and oxygen atoms in total. The number of rotatable bonds is 4. The first-order chi connectivity index (χ1) is 9.51. The lowest BCUT2D eigenvalue weighted by Gasteiger charge is -2.12. The fraction of sp³-hybridized carbons (Fsp3) is 0.214. The number of nitrogens with one attached hydrogen (secondary N) is 1. The molecule has 0 aliphatic heterocycles. The van der Waals surface area contributed by atoms with E-state index in [4.69, 9.17) is 22.1 Å². The van der Waals surface area contributed by atoms with Crippen LogP contribution in [0.15, 0.2) is 28.7 Å². The number of halogens is 2. The monoisotopic (exact) mass is 355 g/mol. The molecule has 1 aromatic heterocycles. The molecule has 0 atom stereocenters. The summed E-state index contributed by atoms with van der Waals surface area (Å²) in [6.07, 6.45) is 0. The molecule has 6 heteroatoms. The van der Waals surface area contributed by atoms with E-state index in [9.17, 15) is 0 Å². The largest absolute Gasteiger partial charge is 0.476 e. The van der Waals surface area contributed by atoms with E-state index < -0.39 is 0 Å². The minimum atomic E-state index is 0.423. The zero-order valence-electron chi connectivity index (χ0n) is 11.2. The fourth-order valence-corrected chi connectivity index (χ4v) is 2.37. The predicted molar refractivity (Wildman–Crippen MR) is 87.0 cm³/mol. The number of anilines is 3. The topological polar surface area (TPSA) is 60.2 Å². The number of nitrogens with zero attached hydrogens (tertiary/aromatic N) is 1. The first kappa shape index (κ1) is 14.9. The van der Waals surface area contributed by atoms with Crippen molar-refractivity contribution in [3.63, 3.8) is 0 Å². The second-order valence-corrected chi connectivity index (χ2v) is 5.49. The Kier molecular flexibility index (Phi) is 4.73. The third kappa shape index (κ3) is 3.35. The summed E-state index contributed by atoms with van der Waals surface area (Å²) in [6, 6.07) is 7.34. The molecule has 2 aromatic rings. The van der Waals surface area contributed by atoms with Crippen molar-refractivity contribution in [3.8, 4) is 5.88 Å². The van der Waals surface area contributed by atoms with Gasteiger partial charge in [-0.15, -0.1) is 0 Å². The third-order valence-electron chi connectivity index (χ3n) is 2.68. The maximum absolute atomic E-state index is 6.13. The van der Waals surface area contributed by atoms with E-state index >= 15 is 0 Å². The van der Waals surface area contributed by atoms with Gasteiger partial charge >= 0.3 is 0 Å². The Hall–Kier alpha value is -1.46. The molecule has 1 heterocycles. The number of ether oxygens (including phenoxy) is 1. The number of aromatic nitrogens is 1. The summed E-state index contributed by atoms with van der Waals surface area (Å²) in [6.45, 7) is 4.35. The summed E-state index contributed by atoms with van der Waals surface area (Å²) >= 11 is 9.63. The Balaban J connectivity index is 2.30. The van der Waals surface area contributed by atoms with E-state index in [0.29, 0.717) is 29.0 Å². The molecule has 2 rings (SSSR count). The molecule has 3 N–H and O–H groups in total. The molecule has 0 saturated heterocycles. The average molecular weight is 357 g/mol. The van der Waals surface area contributed by atoms with Crippen molar-refractivity contribution in [1.82, 2.24) is 4.98 Å². The van der Waals surface area contributed by atoms with Gasteiger partial charge < -0.3 is 15.8 Å². The Morgan fingerprint density at radius 1 is 1.40 bits per heavy atom. The van der Waals surface area contributed by atoms with Crippen LogP contribution in [0.4, 0.5) is 17.2 Å². The van der Waals surface area contributed by atoms with E-state index in [1.165, 1.54) is 0 Å². The molecule has 0 fully saturated rings. The summed E-state index contributed by atoms with van der Waals surface area (Å²) in [4.78, 5) is 4.33. The molecule has 20 heavy (non-hydrogen) atoms. The van der Waals surface area contributed by atoms with Crippen LogP contribution in [-0.4, -0.2) is 11.6 Å². The summed E-state index contributed by atoms with van der Waals surface area (Å²) in [5, 5.41) is 3.88. The van der Waals surface area contributed by atoms with E-state index in [0.717, 1.165) is 15.7 Å². The van der Waals surface area contributed by atoms with Gasteiger partial charge in [-0.05, 0) is 59.6 Å². The molecule has 0 spiro atoms. The van der Waals surface area contributed by atoms with Gasteiger partial charge in [-0.25, -0.2) is 0 Å². The van der Waals surface area contributed by atoms with Gasteiger partial charge in [-0.3, -0.25) is 0 Å². The molecular formula is C14H15BrClN3O. The second-order valence-electron chi connectivity index (χ2n) is 4.23. The van der Waals surface area contributed by atoms with Crippen LogP contribution in [0.25, 0.3) is 0 Å². The van der Waals surface area contributed by atoms with Gasteiger partial charge in [0, 0.05) is 9.50 Å². The van der Waals surface area contributed by atoms with Gasteiger partial charge in [0.2, 0.25) is 5.88 Å². The number of hydrogen-bond donors (Lipinski definition) is 2. The number of hydrogen-bond acceptors (Lipinski definition) is 4. The van der Waals surface area contributed by atoms with Crippen molar-refractivity contribution in [2.45, 2.75) is 13.8 Å². The van der Waals surface area contributed by atoms with Gasteiger partial charge in [0.1, 0.15) is 5.82 Å². The van der Waals surface area contributed by atoms with E-state index in [1.54, 1.807) is 12.1 Å². The quantitative estimate of drug-likeness (QED) is 0.845. The van der Waals surface area contributed by atoms with Gasteiger partial charge in [0.05, 0.1) is 18.0 Å². The minimum absolute atomic E-state index is 0.423. The second kappa shape index (κ2) is 6.33. The zero-order valence-corrected chi connectivity index (χ0v) is 13.5. The van der Waals surface area contributed by atoms with Crippen LogP contribution in [0.5, 0.6) is 5.88 Å². The highest BCUT2D eigenvalue weighted by Crippen LogP contribution is 2.32. The Morgan fingerprint density at radius 2 is 2.15 bits per heavy atom. The van der Waals surface area contributed by atoms with Gasteiger partial charge in [-0.2, -0.15) is 4.98 Å². The smallest absolute Gasteiger partial charge is 0.239 e. The lowest BCUT2D eigenvalue weighted by Crippen LogP contribution is -2.02. The van der Waals surface area contributed by atoms with Gasteiger partial charge in [0.25, 0.3) is 0 Å². The van der Waals surface area contributed by atoms with Crippen molar-refractivity contribution in [2.75, 3.05) is 17.7 Å². The van der Waals surface area contributed by atoms with Gasteiger partial charge in [0.15, 0.2) is 0 Å². The molecule has 0 radical (unpaired) electrons. The average Bonchev–Trinajstić information content (AvgIpc) is 2.40. The zero-order chi connectivity index (χ0) is 14.7. The van der Waals surface area contributed by atoms with Crippen molar-refractivity contribution >= 4 is 44.7 Å². The Labute approximate surface area is 131 Å². The highest BCUT2D eigenvalue weighted by molar-refractivity contribution is 9.10. The van der Waals surface area contributed by atoms with Crippen LogP contribution in [0.2, 0.25) is 5.02 Å². The first-order valence-electron chi connectivity index (χ1n) is 6.13. The number of nitrogen functional groups attached to an aromatic ring is 1. The standard InChI is InChI=1S/C14H15BrClN3O/c1-3-20-14-11(17)4-5-13(19-14)18-12-7-10(16)8(2)6-9(12)15/h4-7H,3,17H2,1-2H3,(H,18,19). The molecule has 0 amide bonds. The van der Waals surface area contributed by atoms with Crippen LogP contribution < -0.4 is 15.8 Å². The summed E-state index contributed by atoms with van der Waals surface area (Å²) in [7, 11) is 0. The van der Waals surface area contributed by atoms with Crippen LogP contribution in [0.1, 0.15) is 12.5 Å². The Bertz CT molecular complexity index is 634. The summed E-state index contributed by atoms with van der Waals surface area (Å²) in [5.41, 5.74) is 8.15. The van der Waals surface area contributed by atoms with E-state index in [1.807, 2.05) is 26.0 Å². The summed E-state index contributed by atoms with van der Waals surface area (Å²) < 4.78 is 6.29. The molecule has 0 aliphatic rings. The molecule has 0 aliphatic carbocycles. The number of nitrogens with two attached hydrogens (primary N) is 1. The van der Waals surface area contributed by atoms with Crippen molar-refractivity contribution < 1.29 is 4.74 Å².